The van der Waals surface area contributed by atoms with Crippen LogP contribution >= 0.6 is 0 Å². The Bertz CT molecular complexity index is 323. The molecule has 2 atom stereocenters. The van der Waals surface area contributed by atoms with E-state index < -0.39 is 6.23 Å². The highest BCUT2D eigenvalue weighted by molar-refractivity contribution is 5.27. The van der Waals surface area contributed by atoms with Gasteiger partial charge in [0, 0.05) is 12.6 Å². The van der Waals surface area contributed by atoms with Crippen LogP contribution < -0.4 is 0 Å². The van der Waals surface area contributed by atoms with E-state index in [0.29, 0.717) is 6.04 Å². The molecule has 0 amide bonds. The molecule has 0 radical (unpaired) electrons. The number of aliphatic hydroxyl groups is 1. The molecule has 82 valence electrons. The van der Waals surface area contributed by atoms with Crippen molar-refractivity contribution in [2.45, 2.75) is 32.0 Å². The molecule has 2 rings (SSSR count). The molecule has 15 heavy (non-hydrogen) atoms. The van der Waals surface area contributed by atoms with E-state index in [2.05, 4.69) is 11.8 Å². The Morgan fingerprint density at radius 2 is 2.00 bits per heavy atom. The van der Waals surface area contributed by atoms with Crippen molar-refractivity contribution in [2.24, 2.45) is 0 Å². The number of aromatic hydroxyl groups is 1. The maximum atomic E-state index is 10.1. The minimum absolute atomic E-state index is 0.237. The maximum Gasteiger partial charge on any atom is 0.133 e. The molecule has 3 nitrogen and oxygen atoms in total. The van der Waals surface area contributed by atoms with Crippen molar-refractivity contribution in [1.82, 2.24) is 4.90 Å². The Kier molecular flexibility index (Phi) is 2.93. The monoisotopic (exact) mass is 207 g/mol. The number of aliphatic hydroxyl groups excluding tert-OH is 1. The summed E-state index contributed by atoms with van der Waals surface area (Å²) in [7, 11) is 0. The van der Waals surface area contributed by atoms with Gasteiger partial charge in [0.05, 0.1) is 0 Å². The fourth-order valence-electron chi connectivity index (χ4n) is 2.16. The molecule has 1 aromatic rings. The van der Waals surface area contributed by atoms with E-state index in [-0.39, 0.29) is 5.75 Å². The Morgan fingerprint density at radius 3 is 2.53 bits per heavy atom. The average Bonchev–Trinajstić information content (AvgIpc) is 2.65. The summed E-state index contributed by atoms with van der Waals surface area (Å²) >= 11 is 0. The number of hydrogen-bond acceptors (Lipinski definition) is 3. The molecule has 1 fully saturated rings. The van der Waals surface area contributed by atoms with E-state index in [1.54, 1.807) is 24.3 Å². The largest absolute Gasteiger partial charge is 0.508 e. The highest BCUT2D eigenvalue weighted by Crippen LogP contribution is 2.27. The van der Waals surface area contributed by atoms with E-state index >= 15 is 0 Å². The fraction of sp³-hybridized carbons (Fsp3) is 0.500. The van der Waals surface area contributed by atoms with Crippen LogP contribution in [0, 0.1) is 0 Å². The lowest BCUT2D eigenvalue weighted by Crippen LogP contribution is -2.31. The van der Waals surface area contributed by atoms with E-state index in [9.17, 15) is 5.11 Å². The molecule has 0 aromatic heterocycles. The van der Waals surface area contributed by atoms with Crippen LogP contribution in [0.1, 0.15) is 31.6 Å². The molecule has 1 saturated heterocycles. The third-order valence-electron chi connectivity index (χ3n) is 3.11. The number of nitrogens with zero attached hydrogens (tertiary/aromatic N) is 1. The van der Waals surface area contributed by atoms with Crippen molar-refractivity contribution in [3.8, 4) is 5.75 Å². The number of phenols is 1. The average molecular weight is 207 g/mol. The number of hydrogen-bond donors (Lipinski definition) is 2. The van der Waals surface area contributed by atoms with Crippen molar-refractivity contribution >= 4 is 0 Å². The highest BCUT2D eigenvalue weighted by atomic mass is 16.3. The predicted molar refractivity (Wildman–Crippen MR) is 58.5 cm³/mol. The molecule has 1 heterocycles. The van der Waals surface area contributed by atoms with Gasteiger partial charge in [-0.1, -0.05) is 12.1 Å². The zero-order chi connectivity index (χ0) is 10.8. The van der Waals surface area contributed by atoms with E-state index in [0.717, 1.165) is 24.9 Å². The summed E-state index contributed by atoms with van der Waals surface area (Å²) < 4.78 is 0. The van der Waals surface area contributed by atoms with Gasteiger partial charge in [0.15, 0.2) is 0 Å². The van der Waals surface area contributed by atoms with Gasteiger partial charge in [0.2, 0.25) is 0 Å². The van der Waals surface area contributed by atoms with Gasteiger partial charge in [-0.05, 0) is 37.5 Å². The summed E-state index contributed by atoms with van der Waals surface area (Å²) in [6.45, 7) is 3.08. The van der Waals surface area contributed by atoms with Gasteiger partial charge in [-0.3, -0.25) is 4.90 Å². The second-order valence-corrected chi connectivity index (χ2v) is 4.19. The second kappa shape index (κ2) is 4.21. The first-order valence-electron chi connectivity index (χ1n) is 5.41. The smallest absolute Gasteiger partial charge is 0.133 e. The fourth-order valence-corrected chi connectivity index (χ4v) is 2.16. The second-order valence-electron chi connectivity index (χ2n) is 4.19. The summed E-state index contributed by atoms with van der Waals surface area (Å²) in [5, 5.41) is 19.3. The number of benzene rings is 1. The SMILES string of the molecule is CC1CCCN1C(O)c1ccc(O)cc1. The van der Waals surface area contributed by atoms with Crippen LogP contribution in [0.3, 0.4) is 0 Å². The topological polar surface area (TPSA) is 43.7 Å². The van der Waals surface area contributed by atoms with Crippen LogP contribution in [0.4, 0.5) is 0 Å². The minimum Gasteiger partial charge on any atom is -0.508 e. The molecule has 2 unspecified atom stereocenters. The summed E-state index contributed by atoms with van der Waals surface area (Å²) in [5.41, 5.74) is 0.849. The van der Waals surface area contributed by atoms with Gasteiger partial charge in [0.1, 0.15) is 12.0 Å². The van der Waals surface area contributed by atoms with Crippen LogP contribution in [0.2, 0.25) is 0 Å². The van der Waals surface area contributed by atoms with Gasteiger partial charge in [-0.25, -0.2) is 0 Å². The van der Waals surface area contributed by atoms with Crippen molar-refractivity contribution in [1.29, 1.82) is 0 Å². The van der Waals surface area contributed by atoms with Crippen LogP contribution in [0.5, 0.6) is 5.75 Å². The maximum absolute atomic E-state index is 10.1. The van der Waals surface area contributed by atoms with Crippen LogP contribution in [0.15, 0.2) is 24.3 Å². The van der Waals surface area contributed by atoms with E-state index in [4.69, 9.17) is 5.11 Å². The van der Waals surface area contributed by atoms with Gasteiger partial charge >= 0.3 is 0 Å². The van der Waals surface area contributed by atoms with Crippen molar-refractivity contribution in [3.63, 3.8) is 0 Å². The molecule has 0 spiro atoms. The molecule has 0 bridgehead atoms. The van der Waals surface area contributed by atoms with Crippen molar-refractivity contribution in [2.75, 3.05) is 6.54 Å². The Hall–Kier alpha value is -1.06. The van der Waals surface area contributed by atoms with Crippen LogP contribution in [0.25, 0.3) is 0 Å². The first kappa shape index (κ1) is 10.5. The minimum atomic E-state index is -0.539. The normalized spacial score (nSPS) is 24.3. The third-order valence-corrected chi connectivity index (χ3v) is 3.11. The van der Waals surface area contributed by atoms with Crippen molar-refractivity contribution < 1.29 is 10.2 Å². The summed E-state index contributed by atoms with van der Waals surface area (Å²) in [6.07, 6.45) is 1.76. The lowest BCUT2D eigenvalue weighted by Gasteiger charge is -2.27. The summed E-state index contributed by atoms with van der Waals surface area (Å²) in [6, 6.07) is 7.20. The number of rotatable bonds is 2. The van der Waals surface area contributed by atoms with Gasteiger partial charge in [0.25, 0.3) is 0 Å². The molecular formula is C12H17NO2. The summed E-state index contributed by atoms with van der Waals surface area (Å²) in [4.78, 5) is 2.09. The highest BCUT2D eigenvalue weighted by Gasteiger charge is 2.26. The number of phenolic OH excluding ortho intramolecular Hbond substituents is 1. The Labute approximate surface area is 90.0 Å². The van der Waals surface area contributed by atoms with Crippen molar-refractivity contribution in [3.05, 3.63) is 29.8 Å². The van der Waals surface area contributed by atoms with Gasteiger partial charge < -0.3 is 10.2 Å². The zero-order valence-electron chi connectivity index (χ0n) is 8.93. The van der Waals surface area contributed by atoms with Gasteiger partial charge in [-0.15, -0.1) is 0 Å². The van der Waals surface area contributed by atoms with E-state index in [1.165, 1.54) is 0 Å². The first-order chi connectivity index (χ1) is 7.18. The zero-order valence-corrected chi connectivity index (χ0v) is 8.93. The standard InChI is InChI=1S/C12H17NO2/c1-9-3-2-8-13(9)12(15)10-4-6-11(14)7-5-10/h4-7,9,12,14-15H,2-3,8H2,1H3. The number of likely N-dealkylation sites (tertiary alicyclic amines) is 1. The first-order valence-corrected chi connectivity index (χ1v) is 5.41. The third kappa shape index (κ3) is 2.13. The molecular weight excluding hydrogens is 190 g/mol. The van der Waals surface area contributed by atoms with E-state index in [1.807, 2.05) is 0 Å². The molecule has 1 aromatic carbocycles. The van der Waals surface area contributed by atoms with Crippen LogP contribution in [-0.4, -0.2) is 27.7 Å². The molecule has 0 aliphatic carbocycles. The molecule has 1 aliphatic rings. The molecule has 2 N–H and O–H groups in total. The molecule has 3 heteroatoms. The molecule has 1 aliphatic heterocycles. The predicted octanol–water partition coefficient (Wildman–Crippen LogP) is 1.87. The Balaban J connectivity index is 2.13. The lowest BCUT2D eigenvalue weighted by atomic mass is 10.1. The lowest BCUT2D eigenvalue weighted by molar-refractivity contribution is -0.00282. The van der Waals surface area contributed by atoms with Crippen LogP contribution in [-0.2, 0) is 0 Å². The summed E-state index contributed by atoms with van der Waals surface area (Å²) in [5.74, 6) is 0.237. The molecule has 0 saturated carbocycles. The quantitative estimate of drug-likeness (QED) is 0.778. The Morgan fingerprint density at radius 1 is 1.33 bits per heavy atom. The van der Waals surface area contributed by atoms with Gasteiger partial charge in [-0.2, -0.15) is 0 Å².